The molecular formula is C33H34ClF2N3O6S2. The van der Waals surface area contributed by atoms with Crippen LogP contribution in [0.15, 0.2) is 59.5 Å². The summed E-state index contributed by atoms with van der Waals surface area (Å²) >= 11 is 7.35. The largest absolute Gasteiger partial charge is 0.496 e. The molecule has 1 heterocycles. The van der Waals surface area contributed by atoms with Crippen LogP contribution >= 0.6 is 22.9 Å². The van der Waals surface area contributed by atoms with Gasteiger partial charge in [0.2, 0.25) is 10.0 Å². The van der Waals surface area contributed by atoms with Crippen molar-refractivity contribution in [3.8, 4) is 16.9 Å². The van der Waals surface area contributed by atoms with E-state index in [4.69, 9.17) is 16.3 Å². The standard InChI is InChI=1S/C33H34ClF2N3O6S2/c1-37(2)47(43,44)24-12-5-19(6-13-24)20-7-16-27(45-4)21(17-20)18-39(23-10-8-22(9-11-23)38(3)33(41)42)32(40)31-29(34)28-25(35)14-15-26(36)30(28)46-31/h5-7,12-17,22-23H,8-11,18H2,1-4H3,(H,41,42). The van der Waals surface area contributed by atoms with Gasteiger partial charge in [-0.3, -0.25) is 4.79 Å². The van der Waals surface area contributed by atoms with Crippen LogP contribution in [0, 0.1) is 11.6 Å². The third kappa shape index (κ3) is 6.80. The number of hydrogen-bond acceptors (Lipinski definition) is 6. The number of amides is 2. The van der Waals surface area contributed by atoms with Crippen LogP contribution in [-0.2, 0) is 16.6 Å². The van der Waals surface area contributed by atoms with Gasteiger partial charge in [0, 0.05) is 45.3 Å². The van der Waals surface area contributed by atoms with Crippen LogP contribution in [0.2, 0.25) is 5.02 Å². The molecule has 250 valence electrons. The number of benzene rings is 3. The van der Waals surface area contributed by atoms with Crippen molar-refractivity contribution in [3.05, 3.63) is 81.7 Å². The van der Waals surface area contributed by atoms with Gasteiger partial charge in [-0.1, -0.05) is 29.8 Å². The number of nitrogens with zero attached hydrogens (tertiary/aromatic N) is 3. The molecule has 1 saturated carbocycles. The number of hydrogen-bond donors (Lipinski definition) is 1. The van der Waals surface area contributed by atoms with Crippen molar-refractivity contribution < 1.29 is 36.6 Å². The highest BCUT2D eigenvalue weighted by molar-refractivity contribution is 7.89. The number of halogens is 3. The van der Waals surface area contributed by atoms with Gasteiger partial charge in [0.1, 0.15) is 22.3 Å². The number of carbonyl (C=O) groups excluding carboxylic acids is 1. The Balaban J connectivity index is 1.53. The molecule has 0 bridgehead atoms. The van der Waals surface area contributed by atoms with E-state index in [1.807, 2.05) is 12.1 Å². The molecule has 1 fully saturated rings. The van der Waals surface area contributed by atoms with Crippen LogP contribution < -0.4 is 4.74 Å². The summed E-state index contributed by atoms with van der Waals surface area (Å²) in [6, 6.07) is 13.3. The number of methoxy groups -OCH3 is 1. The number of fused-ring (bicyclic) bond motifs is 1. The summed E-state index contributed by atoms with van der Waals surface area (Å²) in [4.78, 5) is 29.0. The molecule has 1 aromatic heterocycles. The lowest BCUT2D eigenvalue weighted by Gasteiger charge is -2.39. The van der Waals surface area contributed by atoms with Crippen molar-refractivity contribution in [2.24, 2.45) is 0 Å². The Hall–Kier alpha value is -3.78. The van der Waals surface area contributed by atoms with Gasteiger partial charge in [0.25, 0.3) is 5.91 Å². The molecule has 2 amide bonds. The average molecular weight is 706 g/mol. The highest BCUT2D eigenvalue weighted by Gasteiger charge is 2.35. The van der Waals surface area contributed by atoms with Gasteiger partial charge in [0.05, 0.1) is 27.1 Å². The van der Waals surface area contributed by atoms with Crippen molar-refractivity contribution in [1.82, 2.24) is 14.1 Å². The van der Waals surface area contributed by atoms with Crippen LogP contribution in [-0.4, -0.2) is 80.0 Å². The van der Waals surface area contributed by atoms with E-state index in [1.165, 1.54) is 45.3 Å². The predicted molar refractivity (Wildman–Crippen MR) is 178 cm³/mol. The Morgan fingerprint density at radius 3 is 2.11 bits per heavy atom. The minimum absolute atomic E-state index is 0.00301. The molecule has 0 unspecified atom stereocenters. The molecule has 1 N–H and O–H groups in total. The first-order valence-corrected chi connectivity index (χ1v) is 17.4. The summed E-state index contributed by atoms with van der Waals surface area (Å²) < 4.78 is 61.3. The molecule has 14 heteroatoms. The van der Waals surface area contributed by atoms with E-state index in [0.29, 0.717) is 37.0 Å². The van der Waals surface area contributed by atoms with Crippen LogP contribution in [0.4, 0.5) is 13.6 Å². The Labute approximate surface area is 281 Å². The maximum absolute atomic E-state index is 14.8. The first-order valence-electron chi connectivity index (χ1n) is 14.8. The lowest BCUT2D eigenvalue weighted by Crippen LogP contribution is -2.46. The first-order chi connectivity index (χ1) is 22.2. The van der Waals surface area contributed by atoms with Crippen molar-refractivity contribution >= 4 is 55.0 Å². The van der Waals surface area contributed by atoms with Gasteiger partial charge >= 0.3 is 6.09 Å². The highest BCUT2D eigenvalue weighted by atomic mass is 35.5. The zero-order chi connectivity index (χ0) is 34.2. The molecule has 9 nitrogen and oxygen atoms in total. The van der Waals surface area contributed by atoms with Gasteiger partial charge in [0.15, 0.2) is 0 Å². The maximum atomic E-state index is 14.8. The van der Waals surface area contributed by atoms with Gasteiger partial charge in [-0.25, -0.2) is 26.3 Å². The van der Waals surface area contributed by atoms with E-state index in [-0.39, 0.29) is 43.5 Å². The second-order valence-electron chi connectivity index (χ2n) is 11.6. The predicted octanol–water partition coefficient (Wildman–Crippen LogP) is 7.32. The Kier molecular flexibility index (Phi) is 10.1. The first kappa shape index (κ1) is 34.6. The van der Waals surface area contributed by atoms with E-state index in [9.17, 15) is 31.9 Å². The summed E-state index contributed by atoms with van der Waals surface area (Å²) in [5, 5.41) is 9.17. The van der Waals surface area contributed by atoms with Crippen molar-refractivity contribution in [3.63, 3.8) is 0 Å². The molecular weight excluding hydrogens is 672 g/mol. The van der Waals surface area contributed by atoms with Crippen LogP contribution in [0.5, 0.6) is 5.75 Å². The summed E-state index contributed by atoms with van der Waals surface area (Å²) in [6.07, 6.45) is 0.975. The smallest absolute Gasteiger partial charge is 0.407 e. The van der Waals surface area contributed by atoms with Gasteiger partial charge in [-0.05, 0) is 73.2 Å². The Morgan fingerprint density at radius 1 is 0.936 bits per heavy atom. The number of thiophene rings is 1. The monoisotopic (exact) mass is 705 g/mol. The minimum Gasteiger partial charge on any atom is -0.496 e. The number of carboxylic acid groups (broad SMARTS) is 1. The quantitative estimate of drug-likeness (QED) is 0.196. The highest BCUT2D eigenvalue weighted by Crippen LogP contribution is 2.41. The Morgan fingerprint density at radius 2 is 1.53 bits per heavy atom. The van der Waals surface area contributed by atoms with Crippen LogP contribution in [0.3, 0.4) is 0 Å². The topological polar surface area (TPSA) is 107 Å². The third-order valence-electron chi connectivity index (χ3n) is 8.68. The number of carbonyl (C=O) groups is 2. The zero-order valence-electron chi connectivity index (χ0n) is 26.2. The summed E-state index contributed by atoms with van der Waals surface area (Å²) in [7, 11) is 2.34. The van der Waals surface area contributed by atoms with Crippen molar-refractivity contribution in [1.29, 1.82) is 0 Å². The molecule has 47 heavy (non-hydrogen) atoms. The molecule has 1 aliphatic rings. The van der Waals surface area contributed by atoms with E-state index < -0.39 is 33.7 Å². The number of rotatable bonds is 9. The zero-order valence-corrected chi connectivity index (χ0v) is 28.6. The van der Waals surface area contributed by atoms with E-state index >= 15 is 0 Å². The second kappa shape index (κ2) is 13.8. The molecule has 0 spiro atoms. The Bertz CT molecular complexity index is 1930. The summed E-state index contributed by atoms with van der Waals surface area (Å²) in [5.41, 5.74) is 2.13. The van der Waals surface area contributed by atoms with Gasteiger partial charge in [-0.15, -0.1) is 11.3 Å². The molecule has 0 saturated heterocycles. The maximum Gasteiger partial charge on any atom is 0.407 e. The molecule has 4 aromatic rings. The van der Waals surface area contributed by atoms with Crippen molar-refractivity contribution in [2.45, 2.75) is 49.2 Å². The van der Waals surface area contributed by atoms with E-state index in [2.05, 4.69) is 0 Å². The van der Waals surface area contributed by atoms with E-state index in [0.717, 1.165) is 38.9 Å². The number of sulfonamides is 1. The average Bonchev–Trinajstić information content (AvgIpc) is 3.42. The summed E-state index contributed by atoms with van der Waals surface area (Å²) in [5.74, 6) is -1.42. The summed E-state index contributed by atoms with van der Waals surface area (Å²) in [6.45, 7) is 0.0581. The normalized spacial score (nSPS) is 16.8. The molecule has 0 radical (unpaired) electrons. The van der Waals surface area contributed by atoms with E-state index in [1.54, 1.807) is 23.1 Å². The lowest BCUT2D eigenvalue weighted by atomic mass is 9.89. The fraction of sp³-hybridized carbons (Fsp3) is 0.333. The number of ether oxygens (including phenoxy) is 1. The van der Waals surface area contributed by atoms with Gasteiger partial charge in [-0.2, -0.15) is 0 Å². The SMILES string of the molecule is COc1ccc(-c2ccc(S(=O)(=O)N(C)C)cc2)cc1CN(C(=O)c1sc2c(F)ccc(F)c2c1Cl)C1CCC(N(C)C(=O)O)CC1. The van der Waals surface area contributed by atoms with Crippen LogP contribution in [0.25, 0.3) is 21.2 Å². The lowest BCUT2D eigenvalue weighted by molar-refractivity contribution is 0.0555. The van der Waals surface area contributed by atoms with Crippen LogP contribution in [0.1, 0.15) is 40.9 Å². The molecule has 1 aliphatic carbocycles. The fourth-order valence-corrected chi connectivity index (χ4v) is 8.35. The molecule has 3 aromatic carbocycles. The second-order valence-corrected chi connectivity index (χ2v) is 15.2. The third-order valence-corrected chi connectivity index (χ3v) is 12.2. The van der Waals surface area contributed by atoms with Gasteiger partial charge < -0.3 is 19.6 Å². The molecule has 0 aliphatic heterocycles. The fourth-order valence-electron chi connectivity index (χ4n) is 5.94. The molecule has 5 rings (SSSR count). The van der Waals surface area contributed by atoms with Crippen molar-refractivity contribution in [2.75, 3.05) is 28.3 Å². The minimum atomic E-state index is -3.62. The molecule has 0 atom stereocenters.